The van der Waals surface area contributed by atoms with Crippen LogP contribution < -0.4 is 9.47 Å². The lowest BCUT2D eigenvalue weighted by Crippen LogP contribution is -2.40. The molecule has 0 amide bonds. The van der Waals surface area contributed by atoms with Crippen molar-refractivity contribution >= 4 is 16.1 Å². The minimum absolute atomic E-state index is 0.0154. The fourth-order valence-electron chi connectivity index (χ4n) is 6.19. The van der Waals surface area contributed by atoms with Crippen LogP contribution in [-0.4, -0.2) is 43.3 Å². The largest absolute Gasteiger partial charge is 0.573 e. The summed E-state index contributed by atoms with van der Waals surface area (Å²) in [6, 6.07) is 3.23. The molecule has 7 nitrogen and oxygen atoms in total. The van der Waals surface area contributed by atoms with E-state index in [9.17, 15) is 26.4 Å². The maximum atomic E-state index is 13.1. The summed E-state index contributed by atoms with van der Waals surface area (Å²) in [7, 11) is -4.33. The van der Waals surface area contributed by atoms with Crippen molar-refractivity contribution in [2.45, 2.75) is 57.9 Å². The quantitative estimate of drug-likeness (QED) is 0.397. The van der Waals surface area contributed by atoms with Gasteiger partial charge in [-0.3, -0.25) is 4.55 Å². The molecule has 3 aliphatic rings. The van der Waals surface area contributed by atoms with E-state index in [2.05, 4.69) is 4.74 Å². The third-order valence-corrected chi connectivity index (χ3v) is 8.46. The first-order valence-electron chi connectivity index (χ1n) is 11.5. The van der Waals surface area contributed by atoms with E-state index < -0.39 is 46.2 Å². The fourth-order valence-corrected chi connectivity index (χ4v) is 6.48. The zero-order valence-corrected chi connectivity index (χ0v) is 19.8. The molecule has 0 aliphatic heterocycles. The van der Waals surface area contributed by atoms with Crippen molar-refractivity contribution in [3.05, 3.63) is 23.8 Å². The molecule has 4 rings (SSSR count). The predicted molar refractivity (Wildman–Crippen MR) is 115 cm³/mol. The van der Waals surface area contributed by atoms with Crippen molar-refractivity contribution in [3.63, 3.8) is 0 Å². The molecule has 3 fully saturated rings. The van der Waals surface area contributed by atoms with Gasteiger partial charge >= 0.3 is 12.3 Å². The molecule has 0 radical (unpaired) electrons. The third kappa shape index (κ3) is 5.30. The van der Waals surface area contributed by atoms with Crippen LogP contribution in [0.1, 0.15) is 56.3 Å². The molecule has 1 aromatic carbocycles. The highest BCUT2D eigenvalue weighted by atomic mass is 32.2. The molecular formula is C23H29F3O7S. The molecule has 3 saturated carbocycles. The van der Waals surface area contributed by atoms with E-state index in [1.165, 1.54) is 19.3 Å². The molecule has 34 heavy (non-hydrogen) atoms. The van der Waals surface area contributed by atoms with Gasteiger partial charge in [0.05, 0.1) is 5.56 Å². The van der Waals surface area contributed by atoms with Crippen LogP contribution in [0.3, 0.4) is 0 Å². The zero-order valence-electron chi connectivity index (χ0n) is 19.0. The molecule has 3 aliphatic carbocycles. The van der Waals surface area contributed by atoms with Crippen molar-refractivity contribution < 1.29 is 45.1 Å². The van der Waals surface area contributed by atoms with E-state index in [1.807, 2.05) is 13.8 Å². The minimum Gasteiger partial charge on any atom is -0.483 e. The maximum Gasteiger partial charge on any atom is 0.573 e. The third-order valence-electron chi connectivity index (χ3n) is 7.78. The van der Waals surface area contributed by atoms with Gasteiger partial charge < -0.3 is 14.2 Å². The van der Waals surface area contributed by atoms with Gasteiger partial charge in [-0.1, -0.05) is 13.8 Å². The Morgan fingerprint density at radius 1 is 1.15 bits per heavy atom. The van der Waals surface area contributed by atoms with Gasteiger partial charge in [0.25, 0.3) is 10.1 Å². The van der Waals surface area contributed by atoms with Crippen molar-refractivity contribution in [2.24, 2.45) is 29.6 Å². The normalized spacial score (nSPS) is 30.4. The highest BCUT2D eigenvalue weighted by Gasteiger charge is 2.59. The van der Waals surface area contributed by atoms with Crippen LogP contribution in [-0.2, 0) is 14.9 Å². The molecule has 0 aromatic heterocycles. The summed E-state index contributed by atoms with van der Waals surface area (Å²) in [5, 5.41) is 0. The predicted octanol–water partition coefficient (Wildman–Crippen LogP) is 4.86. The first kappa shape index (κ1) is 25.1. The van der Waals surface area contributed by atoms with Crippen LogP contribution in [0.4, 0.5) is 13.2 Å². The lowest BCUT2D eigenvalue weighted by atomic mass is 9.82. The average Bonchev–Trinajstić information content (AvgIpc) is 3.39. The minimum atomic E-state index is -4.95. The average molecular weight is 507 g/mol. The summed E-state index contributed by atoms with van der Waals surface area (Å²) >= 11 is 0. The Balaban J connectivity index is 1.60. The van der Waals surface area contributed by atoms with Crippen LogP contribution in [0, 0.1) is 29.6 Å². The molecule has 0 heterocycles. The molecule has 4 atom stereocenters. The van der Waals surface area contributed by atoms with Crippen LogP contribution in [0.2, 0.25) is 0 Å². The van der Waals surface area contributed by atoms with Crippen LogP contribution in [0.15, 0.2) is 18.2 Å². The molecule has 0 saturated heterocycles. The molecule has 1 aromatic rings. The Bertz CT molecular complexity index is 1020. The Hall–Kier alpha value is -2.01. The molecule has 0 spiro atoms. The topological polar surface area (TPSA) is 99.1 Å². The van der Waals surface area contributed by atoms with Crippen LogP contribution in [0.5, 0.6) is 11.5 Å². The van der Waals surface area contributed by atoms with Gasteiger partial charge in [0.15, 0.2) is 11.5 Å². The number of carbonyl (C=O) groups excluding carboxylic acids is 1. The number of esters is 1. The second-order valence-corrected chi connectivity index (χ2v) is 11.6. The Kier molecular flexibility index (Phi) is 6.56. The second-order valence-electron chi connectivity index (χ2n) is 10.0. The monoisotopic (exact) mass is 506 g/mol. The van der Waals surface area contributed by atoms with E-state index in [1.54, 1.807) is 0 Å². The summed E-state index contributed by atoms with van der Waals surface area (Å²) in [4.78, 5) is 12.4. The van der Waals surface area contributed by atoms with E-state index in [-0.39, 0.29) is 17.2 Å². The van der Waals surface area contributed by atoms with Crippen molar-refractivity contribution in [1.82, 2.24) is 0 Å². The van der Waals surface area contributed by atoms with Gasteiger partial charge in [0.2, 0.25) is 0 Å². The first-order chi connectivity index (χ1) is 15.8. The smallest absolute Gasteiger partial charge is 0.483 e. The standard InChI is InChI=1S/C23H29F3O7S/c1-13(2)22(11-17-14-3-4-15(9-14)18(17)12-22)32-20-10-16(5-6-19(20)33-23(24,25)26)21(27)31-7-8-34(28,29)30/h5-6,10,13-15,17-18H,3-4,7-9,11-12H2,1-2H3,(H,28,29,30). The summed E-state index contributed by atoms with van der Waals surface area (Å²) in [5.74, 6) is -0.246. The number of hydrogen-bond acceptors (Lipinski definition) is 6. The zero-order chi connectivity index (χ0) is 24.9. The van der Waals surface area contributed by atoms with Crippen molar-refractivity contribution in [2.75, 3.05) is 12.4 Å². The Morgan fingerprint density at radius 2 is 1.76 bits per heavy atom. The number of halogens is 3. The van der Waals surface area contributed by atoms with Gasteiger partial charge in [-0.15, -0.1) is 13.2 Å². The van der Waals surface area contributed by atoms with Gasteiger partial charge in [0.1, 0.15) is 18.0 Å². The van der Waals surface area contributed by atoms with Gasteiger partial charge in [0, 0.05) is 0 Å². The van der Waals surface area contributed by atoms with Crippen molar-refractivity contribution in [1.29, 1.82) is 0 Å². The summed E-state index contributed by atoms with van der Waals surface area (Å²) in [6.07, 6.45) is 0.124. The Labute approximate surface area is 196 Å². The summed E-state index contributed by atoms with van der Waals surface area (Å²) in [5.41, 5.74) is -0.801. The number of benzene rings is 1. The van der Waals surface area contributed by atoms with Gasteiger partial charge in [-0.05, 0) is 79.9 Å². The number of carbonyl (C=O) groups is 1. The molecular weight excluding hydrogens is 477 g/mol. The molecule has 190 valence electrons. The Morgan fingerprint density at radius 3 is 2.29 bits per heavy atom. The molecule has 1 N–H and O–H groups in total. The number of hydrogen-bond donors (Lipinski definition) is 1. The SMILES string of the molecule is CC(C)C1(Oc2cc(C(=O)OCCS(=O)(=O)O)ccc2OC(F)(F)F)CC2C3CCC(C3)C2C1. The van der Waals surface area contributed by atoms with Gasteiger partial charge in [-0.2, -0.15) is 8.42 Å². The lowest BCUT2D eigenvalue weighted by Gasteiger charge is -2.36. The molecule has 4 unspecified atom stereocenters. The van der Waals surface area contributed by atoms with E-state index in [0.29, 0.717) is 23.7 Å². The maximum absolute atomic E-state index is 13.1. The number of ether oxygens (including phenoxy) is 3. The number of fused-ring (bicyclic) bond motifs is 5. The van der Waals surface area contributed by atoms with E-state index in [0.717, 1.165) is 31.0 Å². The van der Waals surface area contributed by atoms with Gasteiger partial charge in [-0.25, -0.2) is 4.79 Å². The molecule has 2 bridgehead atoms. The summed E-state index contributed by atoms with van der Waals surface area (Å²) in [6.45, 7) is 3.37. The van der Waals surface area contributed by atoms with E-state index in [4.69, 9.17) is 14.0 Å². The fraction of sp³-hybridized carbons (Fsp3) is 0.696. The highest BCUT2D eigenvalue weighted by molar-refractivity contribution is 7.85. The van der Waals surface area contributed by atoms with Crippen LogP contribution >= 0.6 is 0 Å². The molecule has 11 heteroatoms. The second kappa shape index (κ2) is 8.89. The summed E-state index contributed by atoms with van der Waals surface area (Å²) < 4.78 is 85.0. The van der Waals surface area contributed by atoms with Crippen molar-refractivity contribution in [3.8, 4) is 11.5 Å². The number of rotatable bonds is 8. The van der Waals surface area contributed by atoms with E-state index >= 15 is 0 Å². The highest BCUT2D eigenvalue weighted by Crippen LogP contribution is 2.63. The van der Waals surface area contributed by atoms with Crippen LogP contribution in [0.25, 0.3) is 0 Å². The first-order valence-corrected chi connectivity index (χ1v) is 13.1. The lowest BCUT2D eigenvalue weighted by molar-refractivity contribution is -0.275. The number of alkyl halides is 3.